The van der Waals surface area contributed by atoms with Gasteiger partial charge in [0, 0.05) is 18.6 Å². The van der Waals surface area contributed by atoms with Gasteiger partial charge in [-0.25, -0.2) is 0 Å². The van der Waals surface area contributed by atoms with Crippen molar-refractivity contribution in [2.75, 3.05) is 13.1 Å². The highest BCUT2D eigenvalue weighted by molar-refractivity contribution is 5.78. The molecule has 122 valence electrons. The van der Waals surface area contributed by atoms with Crippen LogP contribution in [0.25, 0.3) is 0 Å². The molecule has 0 aromatic rings. The van der Waals surface area contributed by atoms with Gasteiger partial charge < -0.3 is 10.4 Å². The van der Waals surface area contributed by atoms with Crippen LogP contribution in [0.15, 0.2) is 0 Å². The molecule has 1 saturated carbocycles. The van der Waals surface area contributed by atoms with Crippen molar-refractivity contribution in [3.8, 4) is 0 Å². The van der Waals surface area contributed by atoms with Gasteiger partial charge in [-0.15, -0.1) is 0 Å². The number of carbonyl (C=O) groups is 2. The first-order valence-electron chi connectivity index (χ1n) is 8.06. The van der Waals surface area contributed by atoms with Crippen molar-refractivity contribution in [2.45, 2.75) is 65.5 Å². The molecule has 1 aliphatic carbocycles. The fourth-order valence-electron chi connectivity index (χ4n) is 2.98. The molecule has 5 nitrogen and oxygen atoms in total. The van der Waals surface area contributed by atoms with E-state index in [1.165, 1.54) is 12.8 Å². The van der Waals surface area contributed by atoms with Crippen molar-refractivity contribution >= 4 is 11.9 Å². The van der Waals surface area contributed by atoms with E-state index in [-0.39, 0.29) is 31.0 Å². The first kappa shape index (κ1) is 18.0. The third-order valence-electron chi connectivity index (χ3n) is 4.74. The first-order chi connectivity index (χ1) is 9.81. The second-order valence-corrected chi connectivity index (χ2v) is 6.65. The minimum absolute atomic E-state index is 0.0139. The number of carboxylic acid groups (broad SMARTS) is 1. The van der Waals surface area contributed by atoms with E-state index in [1.54, 1.807) is 0 Å². The number of hydrogen-bond acceptors (Lipinski definition) is 3. The predicted octanol–water partition coefficient (Wildman–Crippen LogP) is 2.11. The van der Waals surface area contributed by atoms with Gasteiger partial charge in [0.15, 0.2) is 0 Å². The molecule has 2 N–H and O–H groups in total. The van der Waals surface area contributed by atoms with Gasteiger partial charge in [0.2, 0.25) is 5.91 Å². The Hall–Kier alpha value is -1.10. The molecule has 5 heteroatoms. The van der Waals surface area contributed by atoms with Crippen LogP contribution in [0, 0.1) is 11.8 Å². The Bertz CT molecular complexity index is 357. The average Bonchev–Trinajstić information content (AvgIpc) is 2.39. The minimum atomic E-state index is -0.823. The third-order valence-corrected chi connectivity index (χ3v) is 4.74. The van der Waals surface area contributed by atoms with Gasteiger partial charge in [-0.3, -0.25) is 14.5 Å². The normalized spacial score (nSPS) is 26.1. The molecule has 0 bridgehead atoms. The van der Waals surface area contributed by atoms with Gasteiger partial charge in [-0.1, -0.05) is 26.7 Å². The molecular formula is C16H30N2O3. The second kappa shape index (κ2) is 8.37. The molecular weight excluding hydrogens is 268 g/mol. The summed E-state index contributed by atoms with van der Waals surface area (Å²) in [5.41, 5.74) is 0. The molecule has 0 aromatic heterocycles. The summed E-state index contributed by atoms with van der Waals surface area (Å²) >= 11 is 0. The molecule has 21 heavy (non-hydrogen) atoms. The van der Waals surface area contributed by atoms with Gasteiger partial charge in [-0.05, 0) is 32.1 Å². The zero-order valence-corrected chi connectivity index (χ0v) is 13.8. The molecule has 1 fully saturated rings. The summed E-state index contributed by atoms with van der Waals surface area (Å²) in [5.74, 6) is 0.349. The Morgan fingerprint density at radius 1 is 1.29 bits per heavy atom. The van der Waals surface area contributed by atoms with Crippen molar-refractivity contribution in [1.29, 1.82) is 0 Å². The molecule has 1 amide bonds. The van der Waals surface area contributed by atoms with E-state index >= 15 is 0 Å². The van der Waals surface area contributed by atoms with Gasteiger partial charge in [0.25, 0.3) is 0 Å². The van der Waals surface area contributed by atoms with Crippen molar-refractivity contribution < 1.29 is 14.7 Å². The molecule has 1 rings (SSSR count). The molecule has 0 aromatic carbocycles. The lowest BCUT2D eigenvalue weighted by molar-refractivity contribution is -0.138. The third kappa shape index (κ3) is 6.04. The van der Waals surface area contributed by atoms with Crippen molar-refractivity contribution in [3.63, 3.8) is 0 Å². The average molecular weight is 298 g/mol. The van der Waals surface area contributed by atoms with E-state index in [9.17, 15) is 9.59 Å². The Morgan fingerprint density at radius 3 is 2.52 bits per heavy atom. The number of carbonyl (C=O) groups excluding carboxylic acids is 1. The predicted molar refractivity (Wildman–Crippen MR) is 83.1 cm³/mol. The van der Waals surface area contributed by atoms with Crippen LogP contribution >= 0.6 is 0 Å². The lowest BCUT2D eigenvalue weighted by Crippen LogP contribution is -2.48. The topological polar surface area (TPSA) is 69.6 Å². The van der Waals surface area contributed by atoms with E-state index in [4.69, 9.17) is 5.11 Å². The fraction of sp³-hybridized carbons (Fsp3) is 0.875. The monoisotopic (exact) mass is 298 g/mol. The van der Waals surface area contributed by atoms with Crippen LogP contribution in [0.3, 0.4) is 0 Å². The summed E-state index contributed by atoms with van der Waals surface area (Å²) < 4.78 is 0. The van der Waals surface area contributed by atoms with E-state index in [1.807, 2.05) is 18.7 Å². The molecule has 3 atom stereocenters. The largest absolute Gasteiger partial charge is 0.481 e. The van der Waals surface area contributed by atoms with Crippen LogP contribution in [0.2, 0.25) is 0 Å². The smallest absolute Gasteiger partial charge is 0.304 e. The summed E-state index contributed by atoms with van der Waals surface area (Å²) in [6.07, 6.45) is 3.53. The van der Waals surface area contributed by atoms with Crippen LogP contribution < -0.4 is 5.32 Å². The number of nitrogens with zero attached hydrogens (tertiary/aromatic N) is 1. The van der Waals surface area contributed by atoms with E-state index in [0.717, 1.165) is 6.42 Å². The number of nitrogens with one attached hydrogen (secondary N) is 1. The van der Waals surface area contributed by atoms with Gasteiger partial charge in [-0.2, -0.15) is 0 Å². The zero-order chi connectivity index (χ0) is 16.0. The van der Waals surface area contributed by atoms with Crippen LogP contribution in [0.4, 0.5) is 0 Å². The Morgan fingerprint density at radius 2 is 1.95 bits per heavy atom. The van der Waals surface area contributed by atoms with Crippen LogP contribution in [0.1, 0.15) is 53.4 Å². The standard InChI is InChI=1S/C16H30N2O3/c1-11(2)18(9-8-16(20)21)10-15(19)17-14-7-5-6-12(3)13(14)4/h11-14H,5-10H2,1-4H3,(H,17,19)(H,20,21). The fourth-order valence-corrected chi connectivity index (χ4v) is 2.98. The van der Waals surface area contributed by atoms with Crippen molar-refractivity contribution in [2.24, 2.45) is 11.8 Å². The van der Waals surface area contributed by atoms with Crippen molar-refractivity contribution in [1.82, 2.24) is 10.2 Å². The maximum absolute atomic E-state index is 12.2. The lowest BCUT2D eigenvalue weighted by atomic mass is 9.78. The maximum Gasteiger partial charge on any atom is 0.304 e. The summed E-state index contributed by atoms with van der Waals surface area (Å²) in [6, 6.07) is 0.424. The lowest BCUT2D eigenvalue weighted by Gasteiger charge is -2.35. The van der Waals surface area contributed by atoms with E-state index in [0.29, 0.717) is 18.4 Å². The molecule has 0 radical (unpaired) electrons. The summed E-state index contributed by atoms with van der Waals surface area (Å²) in [7, 11) is 0. The first-order valence-corrected chi connectivity index (χ1v) is 8.06. The Kier molecular flexibility index (Phi) is 7.15. The highest BCUT2D eigenvalue weighted by Gasteiger charge is 2.28. The zero-order valence-electron chi connectivity index (χ0n) is 13.8. The highest BCUT2D eigenvalue weighted by Crippen LogP contribution is 2.29. The van der Waals surface area contributed by atoms with Crippen molar-refractivity contribution in [3.05, 3.63) is 0 Å². The summed E-state index contributed by atoms with van der Waals surface area (Å²) in [4.78, 5) is 24.8. The quantitative estimate of drug-likeness (QED) is 0.755. The maximum atomic E-state index is 12.2. The van der Waals surface area contributed by atoms with Crippen LogP contribution in [-0.2, 0) is 9.59 Å². The number of hydrogen-bond donors (Lipinski definition) is 2. The number of aliphatic carboxylic acids is 1. The van der Waals surface area contributed by atoms with Crippen LogP contribution in [-0.4, -0.2) is 47.1 Å². The Balaban J connectivity index is 2.47. The second-order valence-electron chi connectivity index (χ2n) is 6.65. The number of carboxylic acids is 1. The van der Waals surface area contributed by atoms with Gasteiger partial charge in [0.05, 0.1) is 13.0 Å². The highest BCUT2D eigenvalue weighted by atomic mass is 16.4. The van der Waals surface area contributed by atoms with Gasteiger partial charge in [0.1, 0.15) is 0 Å². The van der Waals surface area contributed by atoms with E-state index in [2.05, 4.69) is 19.2 Å². The molecule has 0 heterocycles. The van der Waals surface area contributed by atoms with Crippen LogP contribution in [0.5, 0.6) is 0 Å². The molecule has 3 unspecified atom stereocenters. The molecule has 0 saturated heterocycles. The molecule has 1 aliphatic rings. The van der Waals surface area contributed by atoms with Gasteiger partial charge >= 0.3 is 5.97 Å². The summed E-state index contributed by atoms with van der Waals surface area (Å²) in [5, 5.41) is 11.9. The minimum Gasteiger partial charge on any atom is -0.481 e. The SMILES string of the molecule is CC1CCCC(NC(=O)CN(CCC(=O)O)C(C)C)C1C. The number of rotatable bonds is 7. The summed E-state index contributed by atoms with van der Waals surface area (Å²) in [6.45, 7) is 9.12. The Labute approximate surface area is 128 Å². The number of amides is 1. The molecule has 0 spiro atoms. The van der Waals surface area contributed by atoms with E-state index < -0.39 is 5.97 Å². The molecule has 0 aliphatic heterocycles.